The van der Waals surface area contributed by atoms with Crippen molar-refractivity contribution in [3.05, 3.63) is 41.2 Å². The maximum atomic E-state index is 13.0. The molecule has 0 radical (unpaired) electrons. The van der Waals surface area contributed by atoms with Crippen LogP contribution in [0, 0.1) is 6.92 Å². The van der Waals surface area contributed by atoms with Crippen molar-refractivity contribution in [3.63, 3.8) is 0 Å². The molecule has 0 saturated carbocycles. The lowest BCUT2D eigenvalue weighted by molar-refractivity contribution is 0.0722. The Morgan fingerprint density at radius 2 is 2.20 bits per heavy atom. The molecule has 0 unspecified atom stereocenters. The molecular weight excluding hydrogens is 316 g/mol. The number of nitrogens with zero attached hydrogens (tertiary/aromatic N) is 6. The summed E-state index contributed by atoms with van der Waals surface area (Å²) >= 11 is 0. The molecule has 7 nitrogen and oxygen atoms in total. The Labute approximate surface area is 148 Å². The smallest absolute Gasteiger partial charge is 0.274 e. The quantitative estimate of drug-likeness (QED) is 0.832. The van der Waals surface area contributed by atoms with E-state index in [1.807, 2.05) is 49.7 Å². The summed E-state index contributed by atoms with van der Waals surface area (Å²) in [5.74, 6) is 0.705. The van der Waals surface area contributed by atoms with Gasteiger partial charge in [0.2, 0.25) is 0 Å². The molecule has 3 rings (SSSR count). The predicted molar refractivity (Wildman–Crippen MR) is 95.1 cm³/mol. The van der Waals surface area contributed by atoms with Crippen molar-refractivity contribution >= 4 is 5.91 Å². The standard InChI is InChI=1S/C18H26N6O/c1-5-24-13(2)11-15(21-24)18(25)23-10-6-7-16(23)17-19-9-8-14(20-17)12-22(3)4/h8-9,11,16H,5-7,10,12H2,1-4H3/t16-/m1/s1. The summed E-state index contributed by atoms with van der Waals surface area (Å²) in [5, 5.41) is 4.44. The summed E-state index contributed by atoms with van der Waals surface area (Å²) in [6.45, 7) is 6.25. The van der Waals surface area contributed by atoms with Gasteiger partial charge in [0.25, 0.3) is 5.91 Å². The van der Waals surface area contributed by atoms with Gasteiger partial charge in [-0.3, -0.25) is 9.48 Å². The Morgan fingerprint density at radius 3 is 2.88 bits per heavy atom. The molecular formula is C18H26N6O. The first-order valence-corrected chi connectivity index (χ1v) is 8.81. The number of hydrogen-bond donors (Lipinski definition) is 0. The highest BCUT2D eigenvalue weighted by Gasteiger charge is 2.33. The fourth-order valence-corrected chi connectivity index (χ4v) is 3.35. The number of aromatic nitrogens is 4. The fourth-order valence-electron chi connectivity index (χ4n) is 3.35. The van der Waals surface area contributed by atoms with E-state index >= 15 is 0 Å². The van der Waals surface area contributed by atoms with Crippen LogP contribution in [0.4, 0.5) is 0 Å². The topological polar surface area (TPSA) is 67.2 Å². The number of likely N-dealkylation sites (tertiary alicyclic amines) is 1. The Bertz CT molecular complexity index is 754. The monoisotopic (exact) mass is 342 g/mol. The minimum absolute atomic E-state index is 0.0283. The van der Waals surface area contributed by atoms with Crippen molar-refractivity contribution in [3.8, 4) is 0 Å². The SMILES string of the molecule is CCn1nc(C(=O)N2CCC[C@@H]2c2nccc(CN(C)C)n2)cc1C. The predicted octanol–water partition coefficient (Wildman–Crippen LogP) is 2.04. The molecule has 0 N–H and O–H groups in total. The van der Waals surface area contributed by atoms with Crippen LogP contribution in [0.3, 0.4) is 0 Å². The molecule has 1 atom stereocenters. The molecule has 3 heterocycles. The number of carbonyl (C=O) groups excluding carboxylic acids is 1. The van der Waals surface area contributed by atoms with E-state index in [1.54, 1.807) is 6.20 Å². The van der Waals surface area contributed by atoms with Crippen LogP contribution in [0.15, 0.2) is 18.3 Å². The fraction of sp³-hybridized carbons (Fsp3) is 0.556. The first-order valence-electron chi connectivity index (χ1n) is 8.81. The molecule has 0 bridgehead atoms. The van der Waals surface area contributed by atoms with Crippen molar-refractivity contribution < 1.29 is 4.79 Å². The summed E-state index contributed by atoms with van der Waals surface area (Å²) in [7, 11) is 4.03. The summed E-state index contributed by atoms with van der Waals surface area (Å²) in [5.41, 5.74) is 2.49. The van der Waals surface area contributed by atoms with Crippen molar-refractivity contribution in [1.82, 2.24) is 29.5 Å². The summed E-state index contributed by atoms with van der Waals surface area (Å²) < 4.78 is 1.85. The third-order valence-corrected chi connectivity index (χ3v) is 4.52. The third kappa shape index (κ3) is 3.71. The van der Waals surface area contributed by atoms with Crippen LogP contribution in [-0.4, -0.2) is 56.1 Å². The molecule has 1 fully saturated rings. The van der Waals surface area contributed by atoms with Crippen LogP contribution < -0.4 is 0 Å². The van der Waals surface area contributed by atoms with Crippen LogP contribution in [0.1, 0.15) is 53.5 Å². The number of rotatable bonds is 5. The molecule has 25 heavy (non-hydrogen) atoms. The van der Waals surface area contributed by atoms with E-state index in [-0.39, 0.29) is 11.9 Å². The molecule has 2 aromatic heterocycles. The Balaban J connectivity index is 1.83. The normalized spacial score (nSPS) is 17.5. The maximum Gasteiger partial charge on any atom is 0.274 e. The van der Waals surface area contributed by atoms with Gasteiger partial charge in [0, 0.05) is 31.5 Å². The second-order valence-corrected chi connectivity index (χ2v) is 6.79. The maximum absolute atomic E-state index is 13.0. The molecule has 0 spiro atoms. The summed E-state index contributed by atoms with van der Waals surface area (Å²) in [6, 6.07) is 3.73. The van der Waals surface area contributed by atoms with Crippen LogP contribution in [0.25, 0.3) is 0 Å². The number of carbonyl (C=O) groups is 1. The van der Waals surface area contributed by atoms with Gasteiger partial charge in [-0.25, -0.2) is 9.97 Å². The highest BCUT2D eigenvalue weighted by Crippen LogP contribution is 2.31. The van der Waals surface area contributed by atoms with E-state index in [9.17, 15) is 4.79 Å². The highest BCUT2D eigenvalue weighted by atomic mass is 16.2. The Kier molecular flexibility index (Phi) is 5.13. The molecule has 2 aromatic rings. The van der Waals surface area contributed by atoms with Gasteiger partial charge in [-0.2, -0.15) is 5.10 Å². The molecule has 0 aliphatic carbocycles. The highest BCUT2D eigenvalue weighted by molar-refractivity contribution is 5.92. The average Bonchev–Trinajstić information content (AvgIpc) is 3.20. The number of hydrogen-bond acceptors (Lipinski definition) is 5. The van der Waals surface area contributed by atoms with Gasteiger partial charge < -0.3 is 9.80 Å². The molecule has 1 amide bonds. The lowest BCUT2D eigenvalue weighted by Gasteiger charge is -2.23. The van der Waals surface area contributed by atoms with E-state index in [0.29, 0.717) is 5.69 Å². The van der Waals surface area contributed by atoms with Gasteiger partial charge in [-0.05, 0) is 52.9 Å². The van der Waals surface area contributed by atoms with Gasteiger partial charge in [0.1, 0.15) is 0 Å². The van der Waals surface area contributed by atoms with Crippen molar-refractivity contribution in [2.45, 2.75) is 45.8 Å². The molecule has 0 aromatic carbocycles. The summed E-state index contributed by atoms with van der Waals surface area (Å²) in [6.07, 6.45) is 3.65. The minimum atomic E-state index is -0.0679. The lowest BCUT2D eigenvalue weighted by atomic mass is 10.2. The van der Waals surface area contributed by atoms with E-state index < -0.39 is 0 Å². The largest absolute Gasteiger partial charge is 0.327 e. The molecule has 7 heteroatoms. The van der Waals surface area contributed by atoms with Gasteiger partial charge in [0.15, 0.2) is 11.5 Å². The van der Waals surface area contributed by atoms with Gasteiger partial charge in [0.05, 0.1) is 11.7 Å². The van der Waals surface area contributed by atoms with Crippen LogP contribution >= 0.6 is 0 Å². The first-order chi connectivity index (χ1) is 12.0. The van der Waals surface area contributed by atoms with Crippen molar-refractivity contribution in [1.29, 1.82) is 0 Å². The van der Waals surface area contributed by atoms with Crippen LogP contribution in [0.5, 0.6) is 0 Å². The van der Waals surface area contributed by atoms with E-state index in [0.717, 1.165) is 49.7 Å². The molecule has 1 saturated heterocycles. The summed E-state index contributed by atoms with van der Waals surface area (Å²) in [4.78, 5) is 26.0. The Hall–Kier alpha value is -2.28. The zero-order chi connectivity index (χ0) is 18.0. The van der Waals surface area contributed by atoms with Crippen molar-refractivity contribution in [2.24, 2.45) is 0 Å². The zero-order valence-electron chi connectivity index (χ0n) is 15.4. The first kappa shape index (κ1) is 17.5. The number of aryl methyl sites for hydroxylation is 2. The average molecular weight is 342 g/mol. The van der Waals surface area contributed by atoms with E-state index in [4.69, 9.17) is 0 Å². The van der Waals surface area contributed by atoms with E-state index in [2.05, 4.69) is 20.0 Å². The lowest BCUT2D eigenvalue weighted by Crippen LogP contribution is -2.32. The van der Waals surface area contributed by atoms with Crippen molar-refractivity contribution in [2.75, 3.05) is 20.6 Å². The molecule has 134 valence electrons. The van der Waals surface area contributed by atoms with Gasteiger partial charge in [-0.15, -0.1) is 0 Å². The number of amides is 1. The second-order valence-electron chi connectivity index (χ2n) is 6.79. The van der Waals surface area contributed by atoms with E-state index in [1.165, 1.54) is 0 Å². The molecule has 1 aliphatic rings. The second kappa shape index (κ2) is 7.31. The molecule has 1 aliphatic heterocycles. The third-order valence-electron chi connectivity index (χ3n) is 4.52. The van der Waals surface area contributed by atoms with Crippen LogP contribution in [-0.2, 0) is 13.1 Å². The van der Waals surface area contributed by atoms with Gasteiger partial charge in [-0.1, -0.05) is 0 Å². The minimum Gasteiger partial charge on any atom is -0.327 e. The van der Waals surface area contributed by atoms with Gasteiger partial charge >= 0.3 is 0 Å². The van der Waals surface area contributed by atoms with Crippen LogP contribution in [0.2, 0.25) is 0 Å². The zero-order valence-corrected chi connectivity index (χ0v) is 15.4. The Morgan fingerprint density at radius 1 is 1.40 bits per heavy atom.